The summed E-state index contributed by atoms with van der Waals surface area (Å²) in [7, 11) is 0. The van der Waals surface area contributed by atoms with E-state index in [4.69, 9.17) is 0 Å². The Morgan fingerprint density at radius 1 is 1.21 bits per heavy atom. The zero-order valence-electron chi connectivity index (χ0n) is 9.62. The summed E-state index contributed by atoms with van der Waals surface area (Å²) in [6.07, 6.45) is 0.0722. The van der Waals surface area contributed by atoms with Crippen molar-refractivity contribution in [3.8, 4) is 0 Å². The van der Waals surface area contributed by atoms with E-state index in [1.165, 1.54) is 0 Å². The van der Waals surface area contributed by atoms with Crippen LogP contribution in [0.25, 0.3) is 0 Å². The van der Waals surface area contributed by atoms with Crippen LogP contribution in [-0.4, -0.2) is 16.6 Å². The summed E-state index contributed by atoms with van der Waals surface area (Å²) in [6.45, 7) is 8.81. The van der Waals surface area contributed by atoms with Crippen LogP contribution in [0, 0.1) is 10.8 Å². The molecule has 0 aliphatic heterocycles. The Morgan fingerprint density at radius 2 is 1.57 bits per heavy atom. The number of alkyl halides is 2. The van der Waals surface area contributed by atoms with E-state index in [2.05, 4.69) is 0 Å². The topological polar surface area (TPSA) is 20.2 Å². The maximum absolute atomic E-state index is 13.0. The highest BCUT2D eigenvalue weighted by Crippen LogP contribution is 2.64. The molecule has 0 aromatic carbocycles. The summed E-state index contributed by atoms with van der Waals surface area (Å²) < 4.78 is 26.0. The van der Waals surface area contributed by atoms with Gasteiger partial charge in [0.05, 0.1) is 5.60 Å². The lowest BCUT2D eigenvalue weighted by atomic mass is 9.72. The van der Waals surface area contributed by atoms with Gasteiger partial charge in [0, 0.05) is 11.8 Å². The molecule has 1 aliphatic rings. The summed E-state index contributed by atoms with van der Waals surface area (Å²) in [5.41, 5.74) is -2.40. The van der Waals surface area contributed by atoms with E-state index in [1.807, 2.05) is 20.8 Å². The molecular weight excluding hydrogens is 186 g/mol. The number of rotatable bonds is 2. The van der Waals surface area contributed by atoms with E-state index >= 15 is 0 Å². The van der Waals surface area contributed by atoms with Crippen LogP contribution in [0.2, 0.25) is 0 Å². The van der Waals surface area contributed by atoms with E-state index in [0.717, 1.165) is 0 Å². The molecule has 0 heterocycles. The molecule has 0 spiro atoms. The van der Waals surface area contributed by atoms with Crippen LogP contribution < -0.4 is 0 Å². The number of hydrogen-bond donors (Lipinski definition) is 1. The van der Waals surface area contributed by atoms with Gasteiger partial charge in [0.1, 0.15) is 0 Å². The minimum absolute atomic E-state index is 0.0910. The molecule has 1 rings (SSSR count). The van der Waals surface area contributed by atoms with Gasteiger partial charge in [0.2, 0.25) is 0 Å². The van der Waals surface area contributed by atoms with E-state index in [9.17, 15) is 13.9 Å². The molecule has 84 valence electrons. The quantitative estimate of drug-likeness (QED) is 0.735. The first-order valence-corrected chi connectivity index (χ1v) is 5.02. The standard InChI is InChI=1S/C11H20F2O/c1-8(2,3)10(5,14)6-9(4)7-11(9,12)13/h14H,6-7H2,1-5H3. The van der Waals surface area contributed by atoms with Crippen molar-refractivity contribution >= 4 is 0 Å². The van der Waals surface area contributed by atoms with Gasteiger partial charge in [0.15, 0.2) is 0 Å². The highest BCUT2D eigenvalue weighted by Gasteiger charge is 2.69. The van der Waals surface area contributed by atoms with Crippen molar-refractivity contribution < 1.29 is 13.9 Å². The van der Waals surface area contributed by atoms with Crippen LogP contribution in [0.5, 0.6) is 0 Å². The van der Waals surface area contributed by atoms with Gasteiger partial charge in [-0.15, -0.1) is 0 Å². The van der Waals surface area contributed by atoms with Gasteiger partial charge in [-0.05, 0) is 18.8 Å². The summed E-state index contributed by atoms with van der Waals surface area (Å²) in [4.78, 5) is 0. The molecule has 1 fully saturated rings. The van der Waals surface area contributed by atoms with Crippen LogP contribution >= 0.6 is 0 Å². The van der Waals surface area contributed by atoms with Gasteiger partial charge in [0.25, 0.3) is 5.92 Å². The normalized spacial score (nSPS) is 35.1. The lowest BCUT2D eigenvalue weighted by Gasteiger charge is -2.39. The van der Waals surface area contributed by atoms with Gasteiger partial charge in [-0.3, -0.25) is 0 Å². The molecule has 0 saturated heterocycles. The highest BCUT2D eigenvalue weighted by molar-refractivity contribution is 5.10. The molecule has 0 amide bonds. The molecule has 2 atom stereocenters. The van der Waals surface area contributed by atoms with Crippen LogP contribution in [0.4, 0.5) is 8.78 Å². The van der Waals surface area contributed by atoms with E-state index in [0.29, 0.717) is 0 Å². The molecule has 0 radical (unpaired) electrons. The van der Waals surface area contributed by atoms with Gasteiger partial charge in [-0.25, -0.2) is 8.78 Å². The maximum atomic E-state index is 13.0. The molecule has 0 bridgehead atoms. The van der Waals surface area contributed by atoms with Crippen LogP contribution in [0.15, 0.2) is 0 Å². The van der Waals surface area contributed by atoms with Crippen molar-refractivity contribution in [2.45, 2.75) is 59.0 Å². The van der Waals surface area contributed by atoms with Crippen molar-refractivity contribution in [3.63, 3.8) is 0 Å². The first-order chi connectivity index (χ1) is 5.91. The average Bonchev–Trinajstić information content (AvgIpc) is 2.24. The predicted molar refractivity (Wildman–Crippen MR) is 52.4 cm³/mol. The Hall–Kier alpha value is -0.180. The third-order valence-electron chi connectivity index (χ3n) is 3.72. The van der Waals surface area contributed by atoms with Crippen LogP contribution in [0.1, 0.15) is 47.5 Å². The SMILES string of the molecule is CC(C)(C)C(C)(O)CC1(C)CC1(F)F. The fourth-order valence-corrected chi connectivity index (χ4v) is 1.66. The van der Waals surface area contributed by atoms with Crippen molar-refractivity contribution in [1.82, 2.24) is 0 Å². The largest absolute Gasteiger partial charge is 0.390 e. The first kappa shape index (κ1) is 11.9. The first-order valence-electron chi connectivity index (χ1n) is 5.02. The zero-order chi connectivity index (χ0) is 11.4. The molecular formula is C11H20F2O. The Bertz CT molecular complexity index is 240. The van der Waals surface area contributed by atoms with Gasteiger partial charge in [-0.1, -0.05) is 27.7 Å². The third kappa shape index (κ3) is 1.79. The molecule has 0 aromatic rings. The summed E-state index contributed by atoms with van der Waals surface area (Å²) in [5, 5.41) is 10.1. The molecule has 1 saturated carbocycles. The molecule has 14 heavy (non-hydrogen) atoms. The summed E-state index contributed by atoms with van der Waals surface area (Å²) in [5.74, 6) is -2.58. The molecule has 1 N–H and O–H groups in total. The molecule has 2 unspecified atom stereocenters. The Morgan fingerprint density at radius 3 is 1.79 bits per heavy atom. The van der Waals surface area contributed by atoms with Crippen molar-refractivity contribution in [1.29, 1.82) is 0 Å². The van der Waals surface area contributed by atoms with Crippen molar-refractivity contribution in [2.75, 3.05) is 0 Å². The monoisotopic (exact) mass is 206 g/mol. The minimum atomic E-state index is -2.58. The maximum Gasteiger partial charge on any atom is 0.254 e. The molecule has 1 aliphatic carbocycles. The van der Waals surface area contributed by atoms with Crippen molar-refractivity contribution in [3.05, 3.63) is 0 Å². The van der Waals surface area contributed by atoms with Crippen LogP contribution in [-0.2, 0) is 0 Å². The lowest BCUT2D eigenvalue weighted by molar-refractivity contribution is -0.0758. The van der Waals surface area contributed by atoms with Gasteiger partial charge >= 0.3 is 0 Å². The minimum Gasteiger partial charge on any atom is -0.390 e. The number of halogens is 2. The van der Waals surface area contributed by atoms with E-state index in [1.54, 1.807) is 13.8 Å². The molecule has 3 heteroatoms. The predicted octanol–water partition coefficient (Wildman–Crippen LogP) is 3.22. The van der Waals surface area contributed by atoms with Crippen LogP contribution in [0.3, 0.4) is 0 Å². The second-order valence-corrected chi connectivity index (χ2v) is 6.14. The van der Waals surface area contributed by atoms with E-state index in [-0.39, 0.29) is 18.3 Å². The average molecular weight is 206 g/mol. The second-order valence-electron chi connectivity index (χ2n) is 6.14. The molecule has 0 aromatic heterocycles. The highest BCUT2D eigenvalue weighted by atomic mass is 19.3. The smallest absolute Gasteiger partial charge is 0.254 e. The van der Waals surface area contributed by atoms with Gasteiger partial charge < -0.3 is 5.11 Å². The fourth-order valence-electron chi connectivity index (χ4n) is 1.66. The fraction of sp³-hybridized carbons (Fsp3) is 1.00. The summed E-state index contributed by atoms with van der Waals surface area (Å²) >= 11 is 0. The number of hydrogen-bond acceptors (Lipinski definition) is 1. The molecule has 1 nitrogen and oxygen atoms in total. The summed E-state index contributed by atoms with van der Waals surface area (Å²) in [6, 6.07) is 0. The second kappa shape index (κ2) is 2.69. The Labute approximate surface area is 84.5 Å². The lowest BCUT2D eigenvalue weighted by Crippen LogP contribution is -2.42. The third-order valence-corrected chi connectivity index (χ3v) is 3.72. The van der Waals surface area contributed by atoms with Gasteiger partial charge in [-0.2, -0.15) is 0 Å². The Kier molecular flexibility index (Phi) is 2.28. The van der Waals surface area contributed by atoms with E-state index < -0.39 is 16.9 Å². The Balaban J connectivity index is 2.71. The number of aliphatic hydroxyl groups is 1. The van der Waals surface area contributed by atoms with Crippen molar-refractivity contribution in [2.24, 2.45) is 10.8 Å². The zero-order valence-corrected chi connectivity index (χ0v) is 9.62.